The van der Waals surface area contributed by atoms with Crippen molar-refractivity contribution in [3.63, 3.8) is 0 Å². The van der Waals surface area contributed by atoms with E-state index in [2.05, 4.69) is 4.90 Å². The van der Waals surface area contributed by atoms with E-state index in [1.54, 1.807) is 23.1 Å². The molecule has 1 aliphatic heterocycles. The van der Waals surface area contributed by atoms with Gasteiger partial charge in [-0.05, 0) is 52.6 Å². The third kappa shape index (κ3) is 6.25. The van der Waals surface area contributed by atoms with Gasteiger partial charge in [0.05, 0.1) is 26.2 Å². The quantitative estimate of drug-likeness (QED) is 0.121. The lowest BCUT2D eigenvalue weighted by molar-refractivity contribution is -0.384. The SMILES string of the molecule is O=C1c2cc([N+](=O)[O-])ccc2N(Cc2ccccc2)[C@@H](c2ccc(OCc3ccc(Cl)c(Cl)c3)cc2)N1Cc1ccccc1. The molecule has 0 unspecified atom stereocenters. The van der Waals surface area contributed by atoms with E-state index >= 15 is 0 Å². The molecule has 1 heterocycles. The van der Waals surface area contributed by atoms with Crippen molar-refractivity contribution in [2.45, 2.75) is 25.9 Å². The van der Waals surface area contributed by atoms with E-state index in [4.69, 9.17) is 27.9 Å². The van der Waals surface area contributed by atoms with Gasteiger partial charge in [-0.2, -0.15) is 0 Å². The summed E-state index contributed by atoms with van der Waals surface area (Å²) in [5, 5.41) is 12.6. The number of hydrogen-bond donors (Lipinski definition) is 0. The van der Waals surface area contributed by atoms with E-state index in [9.17, 15) is 14.9 Å². The maximum absolute atomic E-state index is 14.2. The van der Waals surface area contributed by atoms with Crippen molar-refractivity contribution in [1.29, 1.82) is 0 Å². The van der Waals surface area contributed by atoms with Crippen LogP contribution in [0, 0.1) is 10.1 Å². The molecule has 7 nitrogen and oxygen atoms in total. The molecule has 44 heavy (non-hydrogen) atoms. The minimum absolute atomic E-state index is 0.127. The van der Waals surface area contributed by atoms with Crippen LogP contribution in [0.5, 0.6) is 5.75 Å². The standard InChI is InChI=1S/C35H27Cl2N3O4/c36-31-17-11-26(19-32(31)37)23-44-29-15-12-27(13-16-29)34-38(21-24-7-3-1-4-8-24)33-18-14-28(40(42)43)20-30(33)35(41)39(34)22-25-9-5-2-6-10-25/h1-20,34H,21-23H2/t34-/m1/s1. The zero-order chi connectivity index (χ0) is 30.6. The summed E-state index contributed by atoms with van der Waals surface area (Å²) >= 11 is 12.2. The molecule has 0 aromatic heterocycles. The molecule has 0 saturated heterocycles. The van der Waals surface area contributed by atoms with Crippen LogP contribution in [0.4, 0.5) is 11.4 Å². The molecule has 0 bridgehead atoms. The second-order valence-corrected chi connectivity index (χ2v) is 11.3. The minimum Gasteiger partial charge on any atom is -0.489 e. The molecule has 5 aromatic rings. The summed E-state index contributed by atoms with van der Waals surface area (Å²) in [6.07, 6.45) is -0.499. The lowest BCUT2D eigenvalue weighted by atomic mass is 9.98. The van der Waals surface area contributed by atoms with Crippen molar-refractivity contribution in [3.05, 3.63) is 169 Å². The number of carbonyl (C=O) groups is 1. The number of nitro groups is 1. The molecular formula is C35H27Cl2N3O4. The second kappa shape index (κ2) is 12.8. The number of carbonyl (C=O) groups excluding carboxylic acids is 1. The second-order valence-electron chi connectivity index (χ2n) is 10.5. The smallest absolute Gasteiger partial charge is 0.270 e. The van der Waals surface area contributed by atoms with E-state index in [1.165, 1.54) is 12.1 Å². The fourth-order valence-electron chi connectivity index (χ4n) is 5.41. The number of amides is 1. The molecule has 220 valence electrons. The van der Waals surface area contributed by atoms with Crippen molar-refractivity contribution in [3.8, 4) is 5.75 Å². The van der Waals surface area contributed by atoms with Crippen LogP contribution in [0.2, 0.25) is 10.0 Å². The van der Waals surface area contributed by atoms with Crippen molar-refractivity contribution in [1.82, 2.24) is 4.90 Å². The van der Waals surface area contributed by atoms with Gasteiger partial charge in [-0.3, -0.25) is 14.9 Å². The maximum atomic E-state index is 14.2. The average Bonchev–Trinajstić information content (AvgIpc) is 3.05. The summed E-state index contributed by atoms with van der Waals surface area (Å²) in [5.41, 5.74) is 4.55. The van der Waals surface area contributed by atoms with E-state index in [0.29, 0.717) is 46.7 Å². The van der Waals surface area contributed by atoms with E-state index in [1.807, 2.05) is 91.0 Å². The van der Waals surface area contributed by atoms with Gasteiger partial charge in [-0.25, -0.2) is 0 Å². The summed E-state index contributed by atoms with van der Waals surface area (Å²) in [5.74, 6) is 0.379. The van der Waals surface area contributed by atoms with Crippen LogP contribution in [-0.4, -0.2) is 15.7 Å². The topological polar surface area (TPSA) is 75.9 Å². The molecule has 1 aliphatic rings. The number of nitrogens with zero attached hydrogens (tertiary/aromatic N) is 3. The molecule has 0 fully saturated rings. The monoisotopic (exact) mass is 623 g/mol. The van der Waals surface area contributed by atoms with Crippen LogP contribution >= 0.6 is 23.2 Å². The summed E-state index contributed by atoms with van der Waals surface area (Å²) in [6, 6.07) is 37.2. The number of anilines is 1. The predicted octanol–water partition coefficient (Wildman–Crippen LogP) is 8.84. The van der Waals surface area contributed by atoms with Gasteiger partial charge in [0.15, 0.2) is 0 Å². The normalized spacial score (nSPS) is 14.3. The molecule has 0 radical (unpaired) electrons. The van der Waals surface area contributed by atoms with Crippen molar-refractivity contribution in [2.75, 3.05) is 4.90 Å². The number of ether oxygens (including phenoxy) is 1. The minimum atomic E-state index is -0.499. The van der Waals surface area contributed by atoms with Crippen LogP contribution in [0.15, 0.2) is 121 Å². The molecule has 9 heteroatoms. The Morgan fingerprint density at radius 2 is 1.34 bits per heavy atom. The number of non-ortho nitro benzene ring substituents is 1. The van der Waals surface area contributed by atoms with Crippen LogP contribution in [0.25, 0.3) is 0 Å². The van der Waals surface area contributed by atoms with Gasteiger partial charge in [0.2, 0.25) is 0 Å². The highest BCUT2D eigenvalue weighted by Gasteiger charge is 2.39. The molecular weight excluding hydrogens is 597 g/mol. The maximum Gasteiger partial charge on any atom is 0.270 e. The average molecular weight is 625 g/mol. The fraction of sp³-hybridized carbons (Fsp3) is 0.114. The Kier molecular flexibility index (Phi) is 8.50. The first-order chi connectivity index (χ1) is 21.4. The molecule has 1 amide bonds. The van der Waals surface area contributed by atoms with Gasteiger partial charge < -0.3 is 14.5 Å². The van der Waals surface area contributed by atoms with E-state index < -0.39 is 11.1 Å². The first kappa shape index (κ1) is 29.2. The third-order valence-corrected chi connectivity index (χ3v) is 8.28. The van der Waals surface area contributed by atoms with Crippen molar-refractivity contribution >= 4 is 40.5 Å². The van der Waals surface area contributed by atoms with Crippen LogP contribution in [0.3, 0.4) is 0 Å². The molecule has 0 aliphatic carbocycles. The number of halogens is 2. The lowest BCUT2D eigenvalue weighted by Gasteiger charge is -2.46. The van der Waals surface area contributed by atoms with Gasteiger partial charge in [0.1, 0.15) is 18.5 Å². The summed E-state index contributed by atoms with van der Waals surface area (Å²) in [4.78, 5) is 29.3. The Morgan fingerprint density at radius 3 is 1.95 bits per heavy atom. The first-order valence-corrected chi connectivity index (χ1v) is 14.7. The predicted molar refractivity (Wildman–Crippen MR) is 172 cm³/mol. The third-order valence-electron chi connectivity index (χ3n) is 7.54. The number of hydrogen-bond acceptors (Lipinski definition) is 5. The van der Waals surface area contributed by atoms with E-state index in [-0.39, 0.29) is 11.6 Å². The van der Waals surface area contributed by atoms with Gasteiger partial charge in [-0.1, -0.05) is 102 Å². The largest absolute Gasteiger partial charge is 0.489 e. The summed E-state index contributed by atoms with van der Waals surface area (Å²) in [7, 11) is 0. The molecule has 1 atom stereocenters. The zero-order valence-electron chi connectivity index (χ0n) is 23.5. The Hall–Kier alpha value is -4.85. The number of rotatable bonds is 9. The van der Waals surface area contributed by atoms with E-state index in [0.717, 1.165) is 22.3 Å². The van der Waals surface area contributed by atoms with Gasteiger partial charge in [0, 0.05) is 25.2 Å². The highest BCUT2D eigenvalue weighted by molar-refractivity contribution is 6.42. The van der Waals surface area contributed by atoms with Gasteiger partial charge in [0.25, 0.3) is 11.6 Å². The Bertz CT molecular complexity index is 1800. The number of fused-ring (bicyclic) bond motifs is 1. The van der Waals surface area contributed by atoms with Gasteiger partial charge in [-0.15, -0.1) is 0 Å². The Morgan fingerprint density at radius 1 is 0.705 bits per heavy atom. The van der Waals surface area contributed by atoms with Crippen LogP contribution in [0.1, 0.15) is 38.8 Å². The van der Waals surface area contributed by atoms with Crippen molar-refractivity contribution < 1.29 is 14.5 Å². The molecule has 6 rings (SSSR count). The van der Waals surface area contributed by atoms with Crippen molar-refractivity contribution in [2.24, 2.45) is 0 Å². The Labute approximate surface area is 265 Å². The van der Waals surface area contributed by atoms with Crippen LogP contribution in [-0.2, 0) is 19.7 Å². The first-order valence-electron chi connectivity index (χ1n) is 14.0. The number of benzene rings is 5. The molecule has 5 aromatic carbocycles. The highest BCUT2D eigenvalue weighted by Crippen LogP contribution is 2.42. The lowest BCUT2D eigenvalue weighted by Crippen LogP contribution is -2.48. The number of nitro benzene ring substituents is 1. The summed E-state index contributed by atoms with van der Waals surface area (Å²) < 4.78 is 6.03. The highest BCUT2D eigenvalue weighted by atomic mass is 35.5. The van der Waals surface area contributed by atoms with Crippen LogP contribution < -0.4 is 9.64 Å². The molecule has 0 N–H and O–H groups in total. The molecule has 0 saturated carbocycles. The summed E-state index contributed by atoms with van der Waals surface area (Å²) in [6.45, 7) is 1.10. The van der Waals surface area contributed by atoms with Gasteiger partial charge >= 0.3 is 0 Å². The fourth-order valence-corrected chi connectivity index (χ4v) is 5.73. The zero-order valence-corrected chi connectivity index (χ0v) is 25.0. The molecule has 0 spiro atoms. The Balaban J connectivity index is 1.39.